The van der Waals surface area contributed by atoms with Gasteiger partial charge in [0.05, 0.1) is 11.9 Å². The second kappa shape index (κ2) is 5.58. The molecule has 0 aliphatic heterocycles. The Kier molecular flexibility index (Phi) is 3.39. The largest absolute Gasteiger partial charge is 0.364 e. The normalized spacial score (nSPS) is 11.0. The highest BCUT2D eigenvalue weighted by Crippen LogP contribution is 2.34. The van der Waals surface area contributed by atoms with E-state index in [-0.39, 0.29) is 0 Å². The molecule has 0 spiro atoms. The number of aryl methyl sites for hydroxylation is 1. The average molecular weight is 334 g/mol. The van der Waals surface area contributed by atoms with Crippen molar-refractivity contribution in [3.8, 4) is 22.4 Å². The van der Waals surface area contributed by atoms with Gasteiger partial charge >= 0.3 is 0 Å². The number of hydrogen-bond acceptors (Lipinski definition) is 4. The van der Waals surface area contributed by atoms with Crippen LogP contribution < -0.4 is 5.73 Å². The van der Waals surface area contributed by atoms with E-state index in [9.17, 15) is 4.79 Å². The summed E-state index contributed by atoms with van der Waals surface area (Å²) < 4.78 is 1.72. The van der Waals surface area contributed by atoms with Gasteiger partial charge in [-0.25, -0.2) is 4.98 Å². The summed E-state index contributed by atoms with van der Waals surface area (Å²) in [6, 6.07) is 9.86. The van der Waals surface area contributed by atoms with Crippen LogP contribution in [0.15, 0.2) is 53.5 Å². The number of thiophene rings is 1. The molecule has 0 aliphatic rings. The van der Waals surface area contributed by atoms with Gasteiger partial charge in [0.1, 0.15) is 11.3 Å². The average Bonchev–Trinajstić information content (AvgIpc) is 3.21. The van der Waals surface area contributed by atoms with Crippen LogP contribution in [0, 0.1) is 6.92 Å². The standard InChI is InChI=1S/C18H14N4OS/c1-11-3-2-4-15(21-11)14-10-24-9-13(14)12-5-6-17-20-7-16(18(19)23)22(17)8-12/h2-10H,1H3,(H2,19,23). The molecule has 0 bridgehead atoms. The zero-order valence-corrected chi connectivity index (χ0v) is 13.7. The zero-order valence-electron chi connectivity index (χ0n) is 12.9. The summed E-state index contributed by atoms with van der Waals surface area (Å²) in [6.45, 7) is 1.98. The molecule has 0 fully saturated rings. The van der Waals surface area contributed by atoms with E-state index in [1.165, 1.54) is 6.20 Å². The molecule has 6 heteroatoms. The summed E-state index contributed by atoms with van der Waals surface area (Å²) in [5.74, 6) is -0.495. The zero-order chi connectivity index (χ0) is 16.7. The van der Waals surface area contributed by atoms with Crippen molar-refractivity contribution < 1.29 is 4.79 Å². The first-order valence-corrected chi connectivity index (χ1v) is 8.35. The van der Waals surface area contributed by atoms with Crippen molar-refractivity contribution in [3.63, 3.8) is 0 Å². The number of primary amides is 1. The molecule has 0 aliphatic carbocycles. The first kappa shape index (κ1) is 14.6. The molecule has 1 amide bonds. The Balaban J connectivity index is 1.88. The fraction of sp³-hybridized carbons (Fsp3) is 0.0556. The van der Waals surface area contributed by atoms with E-state index in [2.05, 4.69) is 20.7 Å². The Morgan fingerprint density at radius 1 is 1.17 bits per heavy atom. The van der Waals surface area contributed by atoms with Gasteiger partial charge in [0.15, 0.2) is 0 Å². The van der Waals surface area contributed by atoms with Gasteiger partial charge in [-0.05, 0) is 42.1 Å². The molecule has 2 N–H and O–H groups in total. The maximum atomic E-state index is 11.6. The second-order valence-corrected chi connectivity index (χ2v) is 6.26. The first-order valence-electron chi connectivity index (χ1n) is 7.41. The number of aromatic nitrogens is 3. The van der Waals surface area contributed by atoms with Crippen molar-refractivity contribution in [2.75, 3.05) is 0 Å². The maximum absolute atomic E-state index is 11.6. The molecule has 0 aromatic carbocycles. The predicted molar refractivity (Wildman–Crippen MR) is 95.0 cm³/mol. The van der Waals surface area contributed by atoms with Gasteiger partial charge in [-0.15, -0.1) is 0 Å². The van der Waals surface area contributed by atoms with Gasteiger partial charge in [-0.1, -0.05) is 6.07 Å². The van der Waals surface area contributed by atoms with Crippen molar-refractivity contribution in [1.29, 1.82) is 0 Å². The van der Waals surface area contributed by atoms with E-state index in [4.69, 9.17) is 5.73 Å². The molecule has 4 heterocycles. The summed E-state index contributed by atoms with van der Waals surface area (Å²) in [5, 5.41) is 4.17. The molecule has 4 aromatic heterocycles. The molecule has 24 heavy (non-hydrogen) atoms. The molecule has 0 unspecified atom stereocenters. The van der Waals surface area contributed by atoms with Crippen LogP contribution in [0.2, 0.25) is 0 Å². The van der Waals surface area contributed by atoms with E-state index < -0.39 is 5.91 Å². The minimum Gasteiger partial charge on any atom is -0.364 e. The van der Waals surface area contributed by atoms with Gasteiger partial charge in [0.25, 0.3) is 5.91 Å². The van der Waals surface area contributed by atoms with Crippen LogP contribution >= 0.6 is 11.3 Å². The minimum atomic E-state index is -0.495. The van der Waals surface area contributed by atoms with Gasteiger partial charge < -0.3 is 5.73 Å². The highest BCUT2D eigenvalue weighted by atomic mass is 32.1. The number of nitrogens with zero attached hydrogens (tertiary/aromatic N) is 3. The van der Waals surface area contributed by atoms with Crippen molar-refractivity contribution in [2.24, 2.45) is 5.73 Å². The minimum absolute atomic E-state index is 0.373. The third-order valence-electron chi connectivity index (χ3n) is 3.90. The Hall–Kier alpha value is -2.99. The summed E-state index contributed by atoms with van der Waals surface area (Å²) >= 11 is 1.62. The number of hydrogen-bond donors (Lipinski definition) is 1. The van der Waals surface area contributed by atoms with E-state index in [0.717, 1.165) is 28.1 Å². The van der Waals surface area contributed by atoms with Crippen molar-refractivity contribution in [1.82, 2.24) is 14.4 Å². The van der Waals surface area contributed by atoms with Crippen LogP contribution in [0.1, 0.15) is 16.2 Å². The SMILES string of the molecule is Cc1cccc(-c2cscc2-c2ccc3ncc(C(N)=O)n3c2)n1. The third-order valence-corrected chi connectivity index (χ3v) is 4.64. The summed E-state index contributed by atoms with van der Waals surface area (Å²) in [4.78, 5) is 20.4. The highest BCUT2D eigenvalue weighted by Gasteiger charge is 2.13. The topological polar surface area (TPSA) is 73.3 Å². The molecule has 0 saturated carbocycles. The van der Waals surface area contributed by atoms with E-state index >= 15 is 0 Å². The van der Waals surface area contributed by atoms with Gasteiger partial charge in [-0.2, -0.15) is 11.3 Å². The number of carbonyl (C=O) groups is 1. The molecule has 118 valence electrons. The van der Waals surface area contributed by atoms with E-state index in [0.29, 0.717) is 11.3 Å². The molecule has 0 atom stereocenters. The third kappa shape index (κ3) is 2.37. The summed E-state index contributed by atoms with van der Waals surface area (Å²) in [5.41, 5.74) is 11.5. The number of nitrogens with two attached hydrogens (primary N) is 1. The molecule has 4 rings (SSSR count). The number of amides is 1. The Morgan fingerprint density at radius 3 is 2.79 bits per heavy atom. The highest BCUT2D eigenvalue weighted by molar-refractivity contribution is 7.08. The molecule has 4 aromatic rings. The smallest absolute Gasteiger partial charge is 0.267 e. The lowest BCUT2D eigenvalue weighted by atomic mass is 10.0. The van der Waals surface area contributed by atoms with Crippen LogP contribution in [0.5, 0.6) is 0 Å². The lowest BCUT2D eigenvalue weighted by Gasteiger charge is -2.06. The van der Waals surface area contributed by atoms with Crippen LogP contribution in [0.25, 0.3) is 28.0 Å². The lowest BCUT2D eigenvalue weighted by Crippen LogP contribution is -2.13. The monoisotopic (exact) mass is 334 g/mol. The Bertz CT molecular complexity index is 1060. The number of rotatable bonds is 3. The first-order chi connectivity index (χ1) is 11.6. The van der Waals surface area contributed by atoms with Crippen molar-refractivity contribution in [2.45, 2.75) is 6.92 Å². The summed E-state index contributed by atoms with van der Waals surface area (Å²) in [6.07, 6.45) is 3.39. The van der Waals surface area contributed by atoms with Crippen LogP contribution in [0.3, 0.4) is 0 Å². The van der Waals surface area contributed by atoms with Crippen LogP contribution in [0.4, 0.5) is 0 Å². The Morgan fingerprint density at radius 2 is 2.00 bits per heavy atom. The van der Waals surface area contributed by atoms with Crippen molar-refractivity contribution >= 4 is 22.9 Å². The molecule has 5 nitrogen and oxygen atoms in total. The van der Waals surface area contributed by atoms with Crippen molar-refractivity contribution in [3.05, 3.63) is 64.9 Å². The Labute approximate surface area is 142 Å². The molecule has 0 radical (unpaired) electrons. The number of imidazole rings is 1. The van der Waals surface area contributed by atoms with Gasteiger partial charge in [0, 0.05) is 28.4 Å². The quantitative estimate of drug-likeness (QED) is 0.623. The molecular formula is C18H14N4OS. The summed E-state index contributed by atoms with van der Waals surface area (Å²) in [7, 11) is 0. The number of pyridine rings is 2. The molecule has 0 saturated heterocycles. The lowest BCUT2D eigenvalue weighted by molar-refractivity contribution is 0.0995. The predicted octanol–water partition coefficient (Wildman–Crippen LogP) is 3.53. The number of carbonyl (C=O) groups excluding carboxylic acids is 1. The molecular weight excluding hydrogens is 320 g/mol. The van der Waals surface area contributed by atoms with Gasteiger partial charge in [0.2, 0.25) is 0 Å². The van der Waals surface area contributed by atoms with E-state index in [1.807, 2.05) is 43.5 Å². The number of fused-ring (bicyclic) bond motifs is 1. The fourth-order valence-corrected chi connectivity index (χ4v) is 3.59. The van der Waals surface area contributed by atoms with E-state index in [1.54, 1.807) is 15.7 Å². The second-order valence-electron chi connectivity index (χ2n) is 5.52. The van der Waals surface area contributed by atoms with Crippen LogP contribution in [-0.4, -0.2) is 20.3 Å². The van der Waals surface area contributed by atoms with Crippen LogP contribution in [-0.2, 0) is 0 Å². The maximum Gasteiger partial charge on any atom is 0.267 e. The van der Waals surface area contributed by atoms with Gasteiger partial charge in [-0.3, -0.25) is 14.2 Å². The fourth-order valence-electron chi connectivity index (χ4n) is 2.73.